The minimum absolute atomic E-state index is 0.887. The van der Waals surface area contributed by atoms with Crippen molar-refractivity contribution < 1.29 is 0 Å². The quantitative estimate of drug-likeness (QED) is 0.566. The van der Waals surface area contributed by atoms with E-state index in [9.17, 15) is 0 Å². The number of nitrogens with one attached hydrogen (secondary N) is 1. The van der Waals surface area contributed by atoms with Crippen molar-refractivity contribution in [2.45, 2.75) is 0 Å². The summed E-state index contributed by atoms with van der Waals surface area (Å²) >= 11 is 8.54. The van der Waals surface area contributed by atoms with Crippen LogP contribution < -0.4 is 5.32 Å². The van der Waals surface area contributed by atoms with E-state index in [1.54, 1.807) is 11.3 Å². The molecule has 0 saturated carbocycles. The number of aromatic nitrogens is 1. The maximum absolute atomic E-state index is 4.62. The second kappa shape index (κ2) is 6.08. The van der Waals surface area contributed by atoms with E-state index in [-0.39, 0.29) is 0 Å². The lowest BCUT2D eigenvalue weighted by atomic mass is 10.2. The first-order chi connectivity index (χ1) is 9.70. The molecule has 1 N–H and O–H groups in total. The molecule has 0 spiro atoms. The molecule has 0 aliphatic rings. The summed E-state index contributed by atoms with van der Waals surface area (Å²) in [5.74, 6) is 0. The lowest BCUT2D eigenvalue weighted by molar-refractivity contribution is 1.38. The second-order valence-electron chi connectivity index (χ2n) is 4.18. The van der Waals surface area contributed by atoms with E-state index in [4.69, 9.17) is 0 Å². The highest BCUT2D eigenvalue weighted by Gasteiger charge is 2.05. The van der Waals surface area contributed by atoms with Crippen LogP contribution in [0, 0.1) is 0 Å². The van der Waals surface area contributed by atoms with Crippen molar-refractivity contribution in [3.63, 3.8) is 0 Å². The van der Waals surface area contributed by atoms with Gasteiger partial charge < -0.3 is 5.32 Å². The molecule has 0 unspecified atom stereocenters. The molecule has 2 nitrogen and oxygen atoms in total. The zero-order valence-corrected chi connectivity index (χ0v) is 14.3. The third kappa shape index (κ3) is 3.29. The molecule has 0 atom stereocenters. The van der Waals surface area contributed by atoms with Crippen molar-refractivity contribution in [3.05, 3.63) is 62.9 Å². The number of thiazole rings is 1. The summed E-state index contributed by atoms with van der Waals surface area (Å²) < 4.78 is 2.11. The fourth-order valence-corrected chi connectivity index (χ4v) is 3.34. The molecule has 0 fully saturated rings. The molecule has 1 aromatic heterocycles. The molecule has 0 amide bonds. The van der Waals surface area contributed by atoms with Gasteiger partial charge in [-0.25, -0.2) is 4.98 Å². The fourth-order valence-electron chi connectivity index (χ4n) is 1.80. The normalized spacial score (nSPS) is 10.5. The predicted octanol–water partition coefficient (Wildman–Crippen LogP) is 6.08. The number of hydrogen-bond acceptors (Lipinski definition) is 3. The van der Waals surface area contributed by atoms with Crippen LogP contribution in [0.3, 0.4) is 0 Å². The van der Waals surface area contributed by atoms with Crippen molar-refractivity contribution >= 4 is 54.0 Å². The Kier molecular flexibility index (Phi) is 4.19. The summed E-state index contributed by atoms with van der Waals surface area (Å²) in [6.45, 7) is 0. The predicted molar refractivity (Wildman–Crippen MR) is 92.7 cm³/mol. The first-order valence-electron chi connectivity index (χ1n) is 5.95. The molecule has 2 aromatic carbocycles. The molecule has 3 rings (SSSR count). The summed E-state index contributed by atoms with van der Waals surface area (Å²) in [4.78, 5) is 4.62. The standard InChI is InChI=1S/C15H10Br2N2S/c16-11-4-1-3-10(7-11)14-9-20-15(19-14)18-13-6-2-5-12(17)8-13/h1-9H,(H,18,19). The summed E-state index contributed by atoms with van der Waals surface area (Å²) in [5, 5.41) is 6.26. The van der Waals surface area contributed by atoms with Gasteiger partial charge in [-0.3, -0.25) is 0 Å². The van der Waals surface area contributed by atoms with Gasteiger partial charge in [0.25, 0.3) is 0 Å². The third-order valence-electron chi connectivity index (χ3n) is 2.70. The molecule has 3 aromatic rings. The Morgan fingerprint density at radius 2 is 1.70 bits per heavy atom. The molecule has 1 heterocycles. The van der Waals surface area contributed by atoms with Crippen LogP contribution in [0.15, 0.2) is 62.9 Å². The second-order valence-corrected chi connectivity index (χ2v) is 6.87. The van der Waals surface area contributed by atoms with Crippen LogP contribution in [0.4, 0.5) is 10.8 Å². The van der Waals surface area contributed by atoms with Gasteiger partial charge in [-0.1, -0.05) is 50.1 Å². The maximum Gasteiger partial charge on any atom is 0.187 e. The maximum atomic E-state index is 4.62. The van der Waals surface area contributed by atoms with Gasteiger partial charge in [0.15, 0.2) is 5.13 Å². The number of benzene rings is 2. The first kappa shape index (κ1) is 13.8. The van der Waals surface area contributed by atoms with E-state index in [1.807, 2.05) is 36.4 Å². The number of halogens is 2. The zero-order chi connectivity index (χ0) is 13.9. The van der Waals surface area contributed by atoms with Gasteiger partial charge in [-0.15, -0.1) is 11.3 Å². The van der Waals surface area contributed by atoms with Crippen LogP contribution in [-0.2, 0) is 0 Å². The Morgan fingerprint density at radius 1 is 0.950 bits per heavy atom. The van der Waals surface area contributed by atoms with Crippen LogP contribution in [0.25, 0.3) is 11.3 Å². The van der Waals surface area contributed by atoms with Gasteiger partial charge in [0.1, 0.15) is 0 Å². The van der Waals surface area contributed by atoms with Gasteiger partial charge in [0.2, 0.25) is 0 Å². The molecule has 20 heavy (non-hydrogen) atoms. The number of nitrogens with zero attached hydrogens (tertiary/aromatic N) is 1. The van der Waals surface area contributed by atoms with E-state index in [0.717, 1.165) is 31.0 Å². The van der Waals surface area contributed by atoms with Crippen molar-refractivity contribution in [1.82, 2.24) is 4.98 Å². The highest BCUT2D eigenvalue weighted by atomic mass is 79.9. The van der Waals surface area contributed by atoms with Crippen LogP contribution in [-0.4, -0.2) is 4.98 Å². The molecule has 0 saturated heterocycles. The molecular formula is C15H10Br2N2S. The zero-order valence-electron chi connectivity index (χ0n) is 10.3. The minimum atomic E-state index is 0.887. The van der Waals surface area contributed by atoms with E-state index >= 15 is 0 Å². The largest absolute Gasteiger partial charge is 0.332 e. The number of rotatable bonds is 3. The van der Waals surface area contributed by atoms with Gasteiger partial charge >= 0.3 is 0 Å². The number of anilines is 2. The van der Waals surface area contributed by atoms with E-state index in [2.05, 4.69) is 59.7 Å². The third-order valence-corrected chi connectivity index (χ3v) is 4.44. The Labute approximate surface area is 138 Å². The Bertz CT molecular complexity index is 740. The monoisotopic (exact) mass is 408 g/mol. The molecule has 0 aliphatic carbocycles. The molecule has 5 heteroatoms. The molecule has 100 valence electrons. The summed E-state index contributed by atoms with van der Waals surface area (Å²) in [7, 11) is 0. The lowest BCUT2D eigenvalue weighted by Crippen LogP contribution is -1.89. The summed E-state index contributed by atoms with van der Waals surface area (Å²) in [5.41, 5.74) is 3.11. The van der Waals surface area contributed by atoms with Crippen molar-refractivity contribution in [3.8, 4) is 11.3 Å². The summed E-state index contributed by atoms with van der Waals surface area (Å²) in [6.07, 6.45) is 0. The van der Waals surface area contributed by atoms with Gasteiger partial charge in [0, 0.05) is 25.6 Å². The van der Waals surface area contributed by atoms with Crippen LogP contribution >= 0.6 is 43.2 Å². The topological polar surface area (TPSA) is 24.9 Å². The Hall–Kier alpha value is -1.17. The van der Waals surface area contributed by atoms with Crippen LogP contribution in [0.2, 0.25) is 0 Å². The molecular weight excluding hydrogens is 400 g/mol. The smallest absolute Gasteiger partial charge is 0.187 e. The fraction of sp³-hybridized carbons (Fsp3) is 0. The Morgan fingerprint density at radius 3 is 2.45 bits per heavy atom. The molecule has 0 radical (unpaired) electrons. The Balaban J connectivity index is 1.84. The molecule has 0 aliphatic heterocycles. The van der Waals surface area contributed by atoms with Gasteiger partial charge in [0.05, 0.1) is 5.69 Å². The van der Waals surface area contributed by atoms with Crippen LogP contribution in [0.1, 0.15) is 0 Å². The van der Waals surface area contributed by atoms with Crippen molar-refractivity contribution in [1.29, 1.82) is 0 Å². The van der Waals surface area contributed by atoms with Crippen LogP contribution in [0.5, 0.6) is 0 Å². The number of hydrogen-bond donors (Lipinski definition) is 1. The highest BCUT2D eigenvalue weighted by Crippen LogP contribution is 2.29. The van der Waals surface area contributed by atoms with Gasteiger partial charge in [-0.05, 0) is 30.3 Å². The average Bonchev–Trinajstić information content (AvgIpc) is 2.87. The van der Waals surface area contributed by atoms with E-state index < -0.39 is 0 Å². The average molecular weight is 410 g/mol. The van der Waals surface area contributed by atoms with E-state index in [0.29, 0.717) is 0 Å². The van der Waals surface area contributed by atoms with Crippen molar-refractivity contribution in [2.75, 3.05) is 5.32 Å². The first-order valence-corrected chi connectivity index (χ1v) is 8.41. The van der Waals surface area contributed by atoms with Gasteiger partial charge in [-0.2, -0.15) is 0 Å². The SMILES string of the molecule is Brc1cccc(Nc2nc(-c3cccc(Br)c3)cs2)c1. The molecule has 0 bridgehead atoms. The minimum Gasteiger partial charge on any atom is -0.332 e. The van der Waals surface area contributed by atoms with Crippen molar-refractivity contribution in [2.24, 2.45) is 0 Å². The highest BCUT2D eigenvalue weighted by molar-refractivity contribution is 9.10. The summed E-state index contributed by atoms with van der Waals surface area (Å²) in [6, 6.07) is 16.2. The lowest BCUT2D eigenvalue weighted by Gasteiger charge is -2.02. The van der Waals surface area contributed by atoms with E-state index in [1.165, 1.54) is 0 Å².